The lowest BCUT2D eigenvalue weighted by Crippen LogP contribution is -2.38. The van der Waals surface area contributed by atoms with E-state index in [1.165, 1.54) is 0 Å². The number of pyridine rings is 1. The van der Waals surface area contributed by atoms with Crippen molar-refractivity contribution in [1.82, 2.24) is 9.88 Å². The van der Waals surface area contributed by atoms with E-state index in [1.54, 1.807) is 25.4 Å². The molecule has 1 saturated heterocycles. The highest BCUT2D eigenvalue weighted by Crippen LogP contribution is 2.25. The zero-order valence-corrected chi connectivity index (χ0v) is 17.2. The zero-order valence-electron chi connectivity index (χ0n) is 17.2. The van der Waals surface area contributed by atoms with Gasteiger partial charge in [-0.2, -0.15) is 0 Å². The van der Waals surface area contributed by atoms with Crippen LogP contribution in [-0.4, -0.2) is 36.0 Å². The summed E-state index contributed by atoms with van der Waals surface area (Å²) in [6, 6.07) is 10.8. The smallest absolute Gasteiger partial charge is 0.336 e. The SMILES string of the molecule is COc1ccc2c(CN3CCC(C(=O)Nc4ccc(C)cn4)CC3)cc(=O)oc2c1. The van der Waals surface area contributed by atoms with Crippen molar-refractivity contribution in [3.8, 4) is 5.75 Å². The number of aromatic nitrogens is 1. The molecule has 1 N–H and O–H groups in total. The Morgan fingerprint density at radius 3 is 2.73 bits per heavy atom. The van der Waals surface area contributed by atoms with Gasteiger partial charge < -0.3 is 14.5 Å². The van der Waals surface area contributed by atoms with E-state index in [2.05, 4.69) is 15.2 Å². The summed E-state index contributed by atoms with van der Waals surface area (Å²) in [6.45, 7) is 4.18. The van der Waals surface area contributed by atoms with Crippen LogP contribution in [0.4, 0.5) is 5.82 Å². The Morgan fingerprint density at radius 2 is 2.03 bits per heavy atom. The van der Waals surface area contributed by atoms with Crippen LogP contribution in [0.25, 0.3) is 11.0 Å². The van der Waals surface area contributed by atoms with Crippen LogP contribution < -0.4 is 15.7 Å². The Bertz CT molecular complexity index is 1100. The van der Waals surface area contributed by atoms with E-state index in [9.17, 15) is 9.59 Å². The first-order valence-corrected chi connectivity index (χ1v) is 10.1. The molecule has 3 aromatic rings. The molecular weight excluding hydrogens is 382 g/mol. The van der Waals surface area contributed by atoms with Crippen LogP contribution in [0.15, 0.2) is 51.8 Å². The maximum absolute atomic E-state index is 12.6. The van der Waals surface area contributed by atoms with Gasteiger partial charge in [0.15, 0.2) is 0 Å². The van der Waals surface area contributed by atoms with Gasteiger partial charge in [-0.05, 0) is 62.2 Å². The van der Waals surface area contributed by atoms with Gasteiger partial charge >= 0.3 is 5.63 Å². The minimum atomic E-state index is -0.370. The normalized spacial score (nSPS) is 15.3. The molecule has 1 aliphatic heterocycles. The highest BCUT2D eigenvalue weighted by molar-refractivity contribution is 5.91. The number of aryl methyl sites for hydroxylation is 1. The number of likely N-dealkylation sites (tertiary alicyclic amines) is 1. The lowest BCUT2D eigenvalue weighted by Gasteiger charge is -2.31. The third-order valence-electron chi connectivity index (χ3n) is 5.55. The first-order valence-electron chi connectivity index (χ1n) is 10.1. The highest BCUT2D eigenvalue weighted by atomic mass is 16.5. The predicted octanol–water partition coefficient (Wildman–Crippen LogP) is 3.36. The van der Waals surface area contributed by atoms with Crippen LogP contribution in [0.3, 0.4) is 0 Å². The van der Waals surface area contributed by atoms with Crippen LogP contribution in [-0.2, 0) is 11.3 Å². The molecular formula is C23H25N3O4. The fourth-order valence-electron chi connectivity index (χ4n) is 3.83. The van der Waals surface area contributed by atoms with E-state index in [1.807, 2.05) is 31.2 Å². The number of methoxy groups -OCH3 is 1. The van der Waals surface area contributed by atoms with Gasteiger partial charge in [-0.25, -0.2) is 9.78 Å². The number of fused-ring (bicyclic) bond motifs is 1. The molecule has 0 saturated carbocycles. The molecule has 1 aliphatic rings. The average Bonchev–Trinajstić information content (AvgIpc) is 2.75. The number of anilines is 1. The first-order chi connectivity index (χ1) is 14.5. The van der Waals surface area contributed by atoms with E-state index < -0.39 is 0 Å². The summed E-state index contributed by atoms with van der Waals surface area (Å²) in [4.78, 5) is 31.1. The summed E-state index contributed by atoms with van der Waals surface area (Å²) in [5.41, 5.74) is 2.14. The standard InChI is InChI=1S/C23H25N3O4/c1-15-3-6-21(24-13-15)25-23(28)16-7-9-26(10-8-16)14-17-11-22(27)30-20-12-18(29-2)4-5-19(17)20/h3-6,11-13,16H,7-10,14H2,1-2H3,(H,24,25,28). The molecule has 3 heterocycles. The number of ether oxygens (including phenoxy) is 1. The summed E-state index contributed by atoms with van der Waals surface area (Å²) in [7, 11) is 1.58. The molecule has 2 aromatic heterocycles. The molecule has 7 heteroatoms. The topological polar surface area (TPSA) is 84.7 Å². The monoisotopic (exact) mass is 407 g/mol. The van der Waals surface area contributed by atoms with Gasteiger partial charge in [0.05, 0.1) is 7.11 Å². The van der Waals surface area contributed by atoms with Crippen LogP contribution in [0.1, 0.15) is 24.0 Å². The van der Waals surface area contributed by atoms with Crippen molar-refractivity contribution in [3.05, 3.63) is 64.1 Å². The third kappa shape index (κ3) is 4.52. The maximum Gasteiger partial charge on any atom is 0.336 e. The Balaban J connectivity index is 1.39. The molecule has 0 spiro atoms. The number of hydrogen-bond donors (Lipinski definition) is 1. The maximum atomic E-state index is 12.6. The molecule has 0 atom stereocenters. The second-order valence-electron chi connectivity index (χ2n) is 7.71. The van der Waals surface area contributed by atoms with Gasteiger partial charge in [0.2, 0.25) is 5.91 Å². The van der Waals surface area contributed by atoms with Crippen molar-refractivity contribution in [2.45, 2.75) is 26.3 Å². The van der Waals surface area contributed by atoms with Gasteiger partial charge in [0.25, 0.3) is 0 Å². The summed E-state index contributed by atoms with van der Waals surface area (Å²) in [5, 5.41) is 3.82. The number of carbonyl (C=O) groups is 1. The van der Waals surface area contributed by atoms with Crippen LogP contribution >= 0.6 is 0 Å². The molecule has 0 aliphatic carbocycles. The molecule has 7 nitrogen and oxygen atoms in total. The number of hydrogen-bond acceptors (Lipinski definition) is 6. The number of nitrogens with zero attached hydrogens (tertiary/aromatic N) is 2. The fraction of sp³-hybridized carbons (Fsp3) is 0.348. The van der Waals surface area contributed by atoms with Gasteiger partial charge in [0, 0.05) is 36.2 Å². The summed E-state index contributed by atoms with van der Waals surface area (Å²) >= 11 is 0. The number of piperidine rings is 1. The Labute approximate surface area is 174 Å². The molecule has 4 rings (SSSR count). The number of carbonyl (C=O) groups excluding carboxylic acids is 1. The quantitative estimate of drug-likeness (QED) is 0.653. The molecule has 0 bridgehead atoms. The highest BCUT2D eigenvalue weighted by Gasteiger charge is 2.25. The molecule has 1 amide bonds. The second-order valence-corrected chi connectivity index (χ2v) is 7.71. The van der Waals surface area contributed by atoms with Gasteiger partial charge in [-0.3, -0.25) is 9.69 Å². The van der Waals surface area contributed by atoms with Crippen LogP contribution in [0.2, 0.25) is 0 Å². The van der Waals surface area contributed by atoms with E-state index >= 15 is 0 Å². The third-order valence-corrected chi connectivity index (χ3v) is 5.55. The number of nitrogens with one attached hydrogen (secondary N) is 1. The number of rotatable bonds is 5. The Morgan fingerprint density at radius 1 is 1.23 bits per heavy atom. The lowest BCUT2D eigenvalue weighted by atomic mass is 9.95. The Kier molecular flexibility index (Phi) is 5.81. The molecule has 0 radical (unpaired) electrons. The molecule has 0 unspecified atom stereocenters. The summed E-state index contributed by atoms with van der Waals surface area (Å²) < 4.78 is 10.6. The fourth-order valence-corrected chi connectivity index (χ4v) is 3.83. The van der Waals surface area contributed by atoms with Gasteiger partial charge in [-0.15, -0.1) is 0 Å². The second kappa shape index (κ2) is 8.67. The van der Waals surface area contributed by atoms with Crippen molar-refractivity contribution >= 4 is 22.7 Å². The largest absolute Gasteiger partial charge is 0.497 e. The molecule has 1 fully saturated rings. The van der Waals surface area contributed by atoms with E-state index in [0.717, 1.165) is 42.4 Å². The predicted molar refractivity (Wildman–Crippen MR) is 115 cm³/mol. The summed E-state index contributed by atoms with van der Waals surface area (Å²) in [5.74, 6) is 1.22. The first kappa shape index (κ1) is 20.1. The van der Waals surface area contributed by atoms with Gasteiger partial charge in [0.1, 0.15) is 17.2 Å². The van der Waals surface area contributed by atoms with Crippen LogP contribution in [0.5, 0.6) is 5.75 Å². The van der Waals surface area contributed by atoms with Crippen molar-refractivity contribution in [3.63, 3.8) is 0 Å². The summed E-state index contributed by atoms with van der Waals surface area (Å²) in [6.07, 6.45) is 3.28. The van der Waals surface area contributed by atoms with Crippen molar-refractivity contribution in [2.24, 2.45) is 5.92 Å². The number of amides is 1. The van der Waals surface area contributed by atoms with Gasteiger partial charge in [-0.1, -0.05) is 6.07 Å². The lowest BCUT2D eigenvalue weighted by molar-refractivity contribution is -0.121. The Hall–Kier alpha value is -3.19. The number of benzene rings is 1. The minimum absolute atomic E-state index is 0.0175. The van der Waals surface area contributed by atoms with E-state index in [0.29, 0.717) is 23.7 Å². The van der Waals surface area contributed by atoms with E-state index in [-0.39, 0.29) is 17.5 Å². The van der Waals surface area contributed by atoms with Crippen molar-refractivity contribution in [2.75, 3.05) is 25.5 Å². The minimum Gasteiger partial charge on any atom is -0.497 e. The average molecular weight is 407 g/mol. The molecule has 156 valence electrons. The zero-order chi connectivity index (χ0) is 21.1. The van der Waals surface area contributed by atoms with E-state index in [4.69, 9.17) is 9.15 Å². The van der Waals surface area contributed by atoms with Crippen LogP contribution in [0, 0.1) is 12.8 Å². The molecule has 1 aromatic carbocycles. The van der Waals surface area contributed by atoms with Crippen molar-refractivity contribution < 1.29 is 13.9 Å². The molecule has 30 heavy (non-hydrogen) atoms. The van der Waals surface area contributed by atoms with Crippen molar-refractivity contribution in [1.29, 1.82) is 0 Å².